The molecule has 0 bridgehead atoms. The van der Waals surface area contributed by atoms with Crippen molar-refractivity contribution < 1.29 is 9.67 Å². The number of aromatic hydroxyl groups is 1. The van der Waals surface area contributed by atoms with Crippen LogP contribution >= 0.6 is 0 Å². The van der Waals surface area contributed by atoms with Crippen molar-refractivity contribution in [2.24, 2.45) is 0 Å². The summed E-state index contributed by atoms with van der Waals surface area (Å²) < 4.78 is 1.97. The van der Waals surface area contributed by atoms with Gasteiger partial charge in [0.05, 0.1) is 0 Å². The first-order valence-electron chi connectivity index (χ1n) is 4.77. The van der Waals surface area contributed by atoms with Crippen LogP contribution in [0.1, 0.15) is 5.56 Å². The molecule has 0 fully saturated rings. The Morgan fingerprint density at radius 3 is 2.27 bits per heavy atom. The van der Waals surface area contributed by atoms with Gasteiger partial charge in [-0.25, -0.2) is 0 Å². The van der Waals surface area contributed by atoms with Crippen molar-refractivity contribution in [1.29, 1.82) is 0 Å². The van der Waals surface area contributed by atoms with Crippen LogP contribution in [0.3, 0.4) is 0 Å². The number of phenolic OH excluding ortho intramolecular Hbond substituents is 1. The van der Waals surface area contributed by atoms with E-state index >= 15 is 0 Å². The summed E-state index contributed by atoms with van der Waals surface area (Å²) in [4.78, 5) is 0. The van der Waals surface area contributed by atoms with Crippen molar-refractivity contribution in [3.05, 3.63) is 60.4 Å². The molecule has 1 heterocycles. The SMILES string of the molecule is Oc1ccc(C=C[n+]2ccccc2)cc1. The lowest BCUT2D eigenvalue weighted by Crippen LogP contribution is -2.23. The van der Waals surface area contributed by atoms with Gasteiger partial charge in [0.25, 0.3) is 0 Å². The van der Waals surface area contributed by atoms with Crippen molar-refractivity contribution in [3.8, 4) is 5.75 Å². The smallest absolute Gasteiger partial charge is 0.175 e. The molecule has 2 aromatic rings. The van der Waals surface area contributed by atoms with Gasteiger partial charge in [0.15, 0.2) is 18.6 Å². The molecular weight excluding hydrogens is 186 g/mol. The Morgan fingerprint density at radius 2 is 1.60 bits per heavy atom. The van der Waals surface area contributed by atoms with E-state index in [1.54, 1.807) is 12.1 Å². The van der Waals surface area contributed by atoms with Gasteiger partial charge in [-0.05, 0) is 17.7 Å². The van der Waals surface area contributed by atoms with Crippen molar-refractivity contribution in [2.75, 3.05) is 0 Å². The summed E-state index contributed by atoms with van der Waals surface area (Å²) in [7, 11) is 0. The third-order valence-corrected chi connectivity index (χ3v) is 2.07. The Bertz CT molecular complexity index is 446. The van der Waals surface area contributed by atoms with Crippen LogP contribution in [0.15, 0.2) is 54.9 Å². The number of aromatic nitrogens is 1. The standard InChI is InChI=1S/C13H11NO/c15-13-6-4-12(5-7-13)8-11-14-9-2-1-3-10-14/h1-11H/p+1. The Balaban J connectivity index is 2.15. The first-order valence-corrected chi connectivity index (χ1v) is 4.77. The fourth-order valence-electron chi connectivity index (χ4n) is 1.27. The second-order valence-corrected chi connectivity index (χ2v) is 3.23. The highest BCUT2D eigenvalue weighted by molar-refractivity contribution is 5.57. The predicted molar refractivity (Wildman–Crippen MR) is 60.0 cm³/mol. The van der Waals surface area contributed by atoms with Gasteiger partial charge in [-0.15, -0.1) is 0 Å². The van der Waals surface area contributed by atoms with Crippen molar-refractivity contribution in [1.82, 2.24) is 0 Å². The van der Waals surface area contributed by atoms with Crippen molar-refractivity contribution >= 4 is 12.3 Å². The van der Waals surface area contributed by atoms with Gasteiger partial charge in [-0.1, -0.05) is 18.2 Å². The minimum absolute atomic E-state index is 0.291. The van der Waals surface area contributed by atoms with Crippen LogP contribution in [0.2, 0.25) is 0 Å². The van der Waals surface area contributed by atoms with Crippen molar-refractivity contribution in [2.45, 2.75) is 0 Å². The molecule has 0 aliphatic carbocycles. The molecule has 0 unspecified atom stereocenters. The zero-order valence-electron chi connectivity index (χ0n) is 8.25. The molecule has 1 N–H and O–H groups in total. The molecular formula is C13H12NO+. The van der Waals surface area contributed by atoms with Gasteiger partial charge in [0, 0.05) is 18.2 Å². The highest BCUT2D eigenvalue weighted by Crippen LogP contribution is 2.10. The highest BCUT2D eigenvalue weighted by atomic mass is 16.3. The summed E-state index contributed by atoms with van der Waals surface area (Å²) >= 11 is 0. The van der Waals surface area contributed by atoms with E-state index in [1.807, 2.05) is 59.6 Å². The van der Waals surface area contributed by atoms with Crippen LogP contribution < -0.4 is 4.57 Å². The van der Waals surface area contributed by atoms with Gasteiger partial charge >= 0.3 is 0 Å². The Hall–Kier alpha value is -2.09. The summed E-state index contributed by atoms with van der Waals surface area (Å²) in [6, 6.07) is 13.0. The first-order chi connectivity index (χ1) is 7.34. The molecule has 0 atom stereocenters. The van der Waals surface area contributed by atoms with E-state index < -0.39 is 0 Å². The highest BCUT2D eigenvalue weighted by Gasteiger charge is 1.91. The number of hydrogen-bond donors (Lipinski definition) is 1. The van der Waals surface area contributed by atoms with Gasteiger partial charge < -0.3 is 5.11 Å². The maximum absolute atomic E-state index is 9.11. The van der Waals surface area contributed by atoms with Crippen molar-refractivity contribution in [3.63, 3.8) is 0 Å². The Kier molecular flexibility index (Phi) is 2.79. The largest absolute Gasteiger partial charge is 0.508 e. The third-order valence-electron chi connectivity index (χ3n) is 2.07. The summed E-state index contributed by atoms with van der Waals surface area (Å²) in [6.45, 7) is 0. The van der Waals surface area contributed by atoms with Gasteiger partial charge in [-0.3, -0.25) is 0 Å². The molecule has 0 aliphatic heterocycles. The maximum atomic E-state index is 9.11. The second kappa shape index (κ2) is 4.42. The summed E-state index contributed by atoms with van der Waals surface area (Å²) in [5.41, 5.74) is 1.06. The number of pyridine rings is 1. The molecule has 0 radical (unpaired) electrons. The molecule has 0 spiro atoms. The van der Waals surface area contributed by atoms with E-state index in [4.69, 9.17) is 5.11 Å². The number of nitrogens with zero attached hydrogens (tertiary/aromatic N) is 1. The van der Waals surface area contributed by atoms with E-state index in [0.29, 0.717) is 5.75 Å². The molecule has 1 aromatic heterocycles. The quantitative estimate of drug-likeness (QED) is 0.736. The molecule has 0 aliphatic rings. The molecule has 2 nitrogen and oxygen atoms in total. The molecule has 15 heavy (non-hydrogen) atoms. The lowest BCUT2D eigenvalue weighted by molar-refractivity contribution is -0.567. The van der Waals surface area contributed by atoms with E-state index in [-0.39, 0.29) is 0 Å². The Labute approximate surface area is 88.8 Å². The van der Waals surface area contributed by atoms with E-state index in [2.05, 4.69) is 0 Å². The van der Waals surface area contributed by atoms with Crippen LogP contribution in [0, 0.1) is 0 Å². The maximum Gasteiger partial charge on any atom is 0.175 e. The molecule has 0 amide bonds. The minimum Gasteiger partial charge on any atom is -0.508 e. The van der Waals surface area contributed by atoms with Crippen LogP contribution in [-0.2, 0) is 0 Å². The Morgan fingerprint density at radius 1 is 0.933 bits per heavy atom. The van der Waals surface area contributed by atoms with E-state index in [0.717, 1.165) is 5.56 Å². The van der Waals surface area contributed by atoms with Gasteiger partial charge in [0.2, 0.25) is 0 Å². The van der Waals surface area contributed by atoms with Crippen LogP contribution in [0.25, 0.3) is 12.3 Å². The molecule has 74 valence electrons. The normalized spacial score (nSPS) is 10.7. The topological polar surface area (TPSA) is 24.1 Å². The van der Waals surface area contributed by atoms with Gasteiger partial charge in [-0.2, -0.15) is 4.57 Å². The number of phenols is 1. The molecule has 0 saturated carbocycles. The second-order valence-electron chi connectivity index (χ2n) is 3.23. The lowest BCUT2D eigenvalue weighted by atomic mass is 10.2. The van der Waals surface area contributed by atoms with E-state index in [1.165, 1.54) is 0 Å². The zero-order chi connectivity index (χ0) is 10.5. The van der Waals surface area contributed by atoms with Crippen LogP contribution in [0.4, 0.5) is 0 Å². The summed E-state index contributed by atoms with van der Waals surface area (Å²) in [5, 5.41) is 9.11. The fourth-order valence-corrected chi connectivity index (χ4v) is 1.27. The first kappa shape index (κ1) is 9.46. The monoisotopic (exact) mass is 198 g/mol. The predicted octanol–water partition coefficient (Wildman–Crippen LogP) is 2.31. The average molecular weight is 198 g/mol. The average Bonchev–Trinajstić information content (AvgIpc) is 2.30. The van der Waals surface area contributed by atoms with E-state index in [9.17, 15) is 0 Å². The number of hydrogen-bond acceptors (Lipinski definition) is 1. The van der Waals surface area contributed by atoms with Crippen LogP contribution in [-0.4, -0.2) is 5.11 Å². The molecule has 1 aromatic carbocycles. The lowest BCUT2D eigenvalue weighted by Gasteiger charge is -1.92. The van der Waals surface area contributed by atoms with Crippen LogP contribution in [0.5, 0.6) is 5.75 Å². The molecule has 0 saturated heterocycles. The van der Waals surface area contributed by atoms with Gasteiger partial charge in [0.1, 0.15) is 5.75 Å². The molecule has 2 rings (SSSR count). The summed E-state index contributed by atoms with van der Waals surface area (Å²) in [5.74, 6) is 0.291. The third kappa shape index (κ3) is 2.68. The summed E-state index contributed by atoms with van der Waals surface area (Å²) in [6.07, 6.45) is 7.89. The minimum atomic E-state index is 0.291. The fraction of sp³-hybridized carbons (Fsp3) is 0. The molecule has 2 heteroatoms. The zero-order valence-corrected chi connectivity index (χ0v) is 8.25. The number of rotatable bonds is 2. The number of benzene rings is 1.